The molecule has 1 rings (SSSR count). The number of anilines is 1. The number of benzene rings is 1. The van der Waals surface area contributed by atoms with Crippen LogP contribution in [0.5, 0.6) is 0 Å². The van der Waals surface area contributed by atoms with Crippen molar-refractivity contribution in [2.75, 3.05) is 5.32 Å². The van der Waals surface area contributed by atoms with Crippen LogP contribution in [0.3, 0.4) is 0 Å². The first-order valence-electron chi connectivity index (χ1n) is 5.29. The van der Waals surface area contributed by atoms with Gasteiger partial charge in [0.2, 0.25) is 0 Å². The lowest BCUT2D eigenvalue weighted by Crippen LogP contribution is -2.28. The highest BCUT2D eigenvalue weighted by Crippen LogP contribution is 2.18. The molecule has 17 heavy (non-hydrogen) atoms. The zero-order chi connectivity index (χ0) is 13.0. The zero-order valence-electron chi connectivity index (χ0n) is 9.73. The number of aromatic carboxylic acids is 1. The molecule has 0 spiro atoms. The normalized spacial score (nSPS) is 11.9. The summed E-state index contributed by atoms with van der Waals surface area (Å²) < 4.78 is 0. The van der Waals surface area contributed by atoms with E-state index >= 15 is 0 Å². The molecule has 1 aromatic rings. The topological polar surface area (TPSA) is 86.6 Å². The second-order valence-electron chi connectivity index (χ2n) is 3.78. The lowest BCUT2D eigenvalue weighted by molar-refractivity contribution is -0.137. The molecule has 0 aliphatic heterocycles. The van der Waals surface area contributed by atoms with Crippen molar-refractivity contribution in [1.82, 2.24) is 0 Å². The highest BCUT2D eigenvalue weighted by atomic mass is 16.4. The molecule has 1 aromatic carbocycles. The van der Waals surface area contributed by atoms with Crippen molar-refractivity contribution in [3.05, 3.63) is 29.3 Å². The van der Waals surface area contributed by atoms with Crippen molar-refractivity contribution >= 4 is 17.6 Å². The van der Waals surface area contributed by atoms with Gasteiger partial charge in [-0.25, -0.2) is 9.59 Å². The smallest absolute Gasteiger partial charge is 0.335 e. The van der Waals surface area contributed by atoms with Crippen LogP contribution in [0.15, 0.2) is 18.2 Å². The van der Waals surface area contributed by atoms with Gasteiger partial charge in [-0.15, -0.1) is 0 Å². The van der Waals surface area contributed by atoms with Gasteiger partial charge < -0.3 is 15.5 Å². The monoisotopic (exact) mass is 237 g/mol. The second kappa shape index (κ2) is 5.34. The Morgan fingerprint density at radius 1 is 1.35 bits per heavy atom. The molecule has 0 saturated carbocycles. The third-order valence-electron chi connectivity index (χ3n) is 2.51. The van der Waals surface area contributed by atoms with Gasteiger partial charge in [0, 0.05) is 5.69 Å². The van der Waals surface area contributed by atoms with E-state index < -0.39 is 18.0 Å². The summed E-state index contributed by atoms with van der Waals surface area (Å²) in [5.74, 6) is -1.92. The average molecular weight is 237 g/mol. The summed E-state index contributed by atoms with van der Waals surface area (Å²) in [6.45, 7) is 3.51. The van der Waals surface area contributed by atoms with E-state index in [-0.39, 0.29) is 5.56 Å². The number of carbonyl (C=O) groups is 2. The predicted molar refractivity (Wildman–Crippen MR) is 63.5 cm³/mol. The minimum absolute atomic E-state index is 0.191. The van der Waals surface area contributed by atoms with E-state index in [0.29, 0.717) is 17.7 Å². The first-order valence-corrected chi connectivity index (χ1v) is 5.29. The molecule has 5 nitrogen and oxygen atoms in total. The van der Waals surface area contributed by atoms with Gasteiger partial charge in [0.15, 0.2) is 0 Å². The quantitative estimate of drug-likeness (QED) is 0.728. The van der Waals surface area contributed by atoms with Crippen LogP contribution in [-0.2, 0) is 4.79 Å². The van der Waals surface area contributed by atoms with Crippen LogP contribution in [0, 0.1) is 6.92 Å². The maximum absolute atomic E-state index is 10.9. The Morgan fingerprint density at radius 2 is 2.00 bits per heavy atom. The summed E-state index contributed by atoms with van der Waals surface area (Å²) >= 11 is 0. The first kappa shape index (κ1) is 13.0. The number of nitrogens with one attached hydrogen (secondary N) is 1. The fourth-order valence-electron chi connectivity index (χ4n) is 1.48. The third kappa shape index (κ3) is 3.21. The molecule has 92 valence electrons. The molecule has 0 aliphatic rings. The van der Waals surface area contributed by atoms with Gasteiger partial charge >= 0.3 is 11.9 Å². The zero-order valence-corrected chi connectivity index (χ0v) is 9.73. The Bertz CT molecular complexity index is 442. The Balaban J connectivity index is 2.93. The number of hydrogen-bond donors (Lipinski definition) is 3. The van der Waals surface area contributed by atoms with E-state index in [1.54, 1.807) is 19.9 Å². The molecule has 0 heterocycles. The van der Waals surface area contributed by atoms with Gasteiger partial charge in [-0.2, -0.15) is 0 Å². The van der Waals surface area contributed by atoms with E-state index in [1.165, 1.54) is 12.1 Å². The number of aliphatic carboxylic acids is 1. The lowest BCUT2D eigenvalue weighted by Gasteiger charge is -2.15. The maximum Gasteiger partial charge on any atom is 0.335 e. The standard InChI is InChI=1S/C12H15NO4/c1-3-9(12(16)17)13-10-5-4-8(11(14)15)6-7(10)2/h4-6,9,13H,3H2,1-2H3,(H,14,15)(H,16,17). The molecular formula is C12H15NO4. The van der Waals surface area contributed by atoms with Gasteiger partial charge in [0.1, 0.15) is 6.04 Å². The summed E-state index contributed by atoms with van der Waals surface area (Å²) in [5.41, 5.74) is 1.55. The molecule has 0 saturated heterocycles. The molecule has 5 heteroatoms. The van der Waals surface area contributed by atoms with Crippen LogP contribution in [0.2, 0.25) is 0 Å². The summed E-state index contributed by atoms with van der Waals surface area (Å²) in [6, 6.07) is 3.89. The van der Waals surface area contributed by atoms with Crippen LogP contribution in [0.4, 0.5) is 5.69 Å². The Morgan fingerprint density at radius 3 is 2.41 bits per heavy atom. The van der Waals surface area contributed by atoms with Gasteiger partial charge in [0.05, 0.1) is 5.56 Å². The van der Waals surface area contributed by atoms with E-state index in [4.69, 9.17) is 10.2 Å². The number of carboxylic acids is 2. The number of rotatable bonds is 5. The van der Waals surface area contributed by atoms with Crippen LogP contribution in [0.1, 0.15) is 29.3 Å². The molecule has 0 amide bonds. The minimum atomic E-state index is -0.995. The summed E-state index contributed by atoms with van der Waals surface area (Å²) in [7, 11) is 0. The van der Waals surface area contributed by atoms with E-state index in [0.717, 1.165) is 0 Å². The Kier molecular flexibility index (Phi) is 4.09. The summed E-state index contributed by atoms with van der Waals surface area (Å²) in [5, 5.41) is 20.6. The molecule has 1 unspecified atom stereocenters. The molecule has 3 N–H and O–H groups in total. The molecule has 0 radical (unpaired) electrons. The van der Waals surface area contributed by atoms with Crippen LogP contribution in [0.25, 0.3) is 0 Å². The maximum atomic E-state index is 10.9. The molecule has 0 fully saturated rings. The third-order valence-corrected chi connectivity index (χ3v) is 2.51. The highest BCUT2D eigenvalue weighted by Gasteiger charge is 2.15. The van der Waals surface area contributed by atoms with Crippen molar-refractivity contribution in [2.24, 2.45) is 0 Å². The Labute approximate surface area is 99.1 Å². The van der Waals surface area contributed by atoms with Crippen LogP contribution in [-0.4, -0.2) is 28.2 Å². The molecular weight excluding hydrogens is 222 g/mol. The predicted octanol–water partition coefficient (Wildman–Crippen LogP) is 1.97. The molecule has 1 atom stereocenters. The second-order valence-corrected chi connectivity index (χ2v) is 3.78. The van der Waals surface area contributed by atoms with Crippen molar-refractivity contribution in [1.29, 1.82) is 0 Å². The number of hydrogen-bond acceptors (Lipinski definition) is 3. The van der Waals surface area contributed by atoms with Gasteiger partial charge in [-0.05, 0) is 37.1 Å². The van der Waals surface area contributed by atoms with Crippen molar-refractivity contribution in [3.63, 3.8) is 0 Å². The van der Waals surface area contributed by atoms with Crippen molar-refractivity contribution in [3.8, 4) is 0 Å². The van der Waals surface area contributed by atoms with Crippen molar-refractivity contribution in [2.45, 2.75) is 26.3 Å². The molecule has 0 aromatic heterocycles. The number of carboxylic acid groups (broad SMARTS) is 2. The van der Waals surface area contributed by atoms with Gasteiger partial charge in [-0.1, -0.05) is 6.92 Å². The van der Waals surface area contributed by atoms with Crippen LogP contribution < -0.4 is 5.32 Å². The summed E-state index contributed by atoms with van der Waals surface area (Å²) in [4.78, 5) is 21.6. The highest BCUT2D eigenvalue weighted by molar-refractivity contribution is 5.88. The fourth-order valence-corrected chi connectivity index (χ4v) is 1.48. The van der Waals surface area contributed by atoms with E-state index in [2.05, 4.69) is 5.32 Å². The van der Waals surface area contributed by atoms with Crippen molar-refractivity contribution < 1.29 is 19.8 Å². The molecule has 0 aliphatic carbocycles. The van der Waals surface area contributed by atoms with E-state index in [1.807, 2.05) is 0 Å². The Hall–Kier alpha value is -2.04. The van der Waals surface area contributed by atoms with E-state index in [9.17, 15) is 9.59 Å². The van der Waals surface area contributed by atoms with Crippen LogP contribution >= 0.6 is 0 Å². The SMILES string of the molecule is CCC(Nc1ccc(C(=O)O)cc1C)C(=O)O. The first-order chi connectivity index (χ1) is 7.95. The van der Waals surface area contributed by atoms with Gasteiger partial charge in [-0.3, -0.25) is 0 Å². The summed E-state index contributed by atoms with van der Waals surface area (Å²) in [6.07, 6.45) is 0.454. The lowest BCUT2D eigenvalue weighted by atomic mass is 10.1. The minimum Gasteiger partial charge on any atom is -0.480 e. The molecule has 0 bridgehead atoms. The van der Waals surface area contributed by atoms with Gasteiger partial charge in [0.25, 0.3) is 0 Å². The average Bonchev–Trinajstić information content (AvgIpc) is 2.26. The fraction of sp³-hybridized carbons (Fsp3) is 0.333. The number of aryl methyl sites for hydroxylation is 1. The largest absolute Gasteiger partial charge is 0.480 e.